The predicted molar refractivity (Wildman–Crippen MR) is 112 cm³/mol. The van der Waals surface area contributed by atoms with Gasteiger partial charge in [0, 0.05) is 23.7 Å². The fourth-order valence-corrected chi connectivity index (χ4v) is 4.27. The number of aliphatic hydroxyl groups is 1. The van der Waals surface area contributed by atoms with E-state index in [1.807, 2.05) is 18.2 Å². The summed E-state index contributed by atoms with van der Waals surface area (Å²) < 4.78 is 51.6. The van der Waals surface area contributed by atoms with Gasteiger partial charge in [0.15, 0.2) is 0 Å². The van der Waals surface area contributed by atoms with E-state index in [0.717, 1.165) is 35.6 Å². The van der Waals surface area contributed by atoms with Gasteiger partial charge in [0.2, 0.25) is 5.82 Å². The third kappa shape index (κ3) is 4.59. The molecule has 0 spiro atoms. The van der Waals surface area contributed by atoms with Crippen LogP contribution in [0.15, 0.2) is 40.6 Å². The van der Waals surface area contributed by atoms with Crippen LogP contribution in [0.3, 0.4) is 0 Å². The molecule has 2 aromatic rings. The Morgan fingerprint density at radius 3 is 2.84 bits per heavy atom. The molecular weight excluding hydrogens is 423 g/mol. The number of aromatic nitrogens is 2. The van der Waals surface area contributed by atoms with Crippen LogP contribution in [0.25, 0.3) is 17.0 Å². The first-order valence-corrected chi connectivity index (χ1v) is 10.7. The summed E-state index contributed by atoms with van der Waals surface area (Å²) in [7, 11) is 0. The Hall–Kier alpha value is -2.65. The summed E-state index contributed by atoms with van der Waals surface area (Å²) in [5.74, 6) is -1.50. The van der Waals surface area contributed by atoms with E-state index in [2.05, 4.69) is 15.5 Å². The molecule has 1 aromatic heterocycles. The van der Waals surface area contributed by atoms with Gasteiger partial charge >= 0.3 is 6.18 Å². The van der Waals surface area contributed by atoms with E-state index < -0.39 is 12.1 Å². The third-order valence-electron chi connectivity index (χ3n) is 5.64. The lowest BCUT2D eigenvalue weighted by molar-refractivity contribution is -0.162. The van der Waals surface area contributed by atoms with Crippen molar-refractivity contribution in [3.63, 3.8) is 0 Å². The number of alkyl halides is 3. The second-order valence-corrected chi connectivity index (χ2v) is 8.25. The van der Waals surface area contributed by atoms with Crippen LogP contribution in [-0.4, -0.2) is 40.7 Å². The van der Waals surface area contributed by atoms with Crippen LogP contribution in [0.2, 0.25) is 0 Å². The van der Waals surface area contributed by atoms with Crippen LogP contribution in [0.1, 0.15) is 49.7 Å². The highest BCUT2D eigenvalue weighted by Crippen LogP contribution is 2.41. The zero-order valence-corrected chi connectivity index (χ0v) is 17.9. The second-order valence-electron chi connectivity index (χ2n) is 8.25. The van der Waals surface area contributed by atoms with Gasteiger partial charge in [0.1, 0.15) is 11.7 Å². The van der Waals surface area contributed by atoms with E-state index in [1.54, 1.807) is 13.8 Å². The number of rotatable bonds is 7. The van der Waals surface area contributed by atoms with Crippen LogP contribution in [-0.2, 0) is 11.2 Å². The molecule has 172 valence electrons. The van der Waals surface area contributed by atoms with Gasteiger partial charge in [-0.1, -0.05) is 29.4 Å². The number of nitrogens with one attached hydrogen (secondary N) is 1. The van der Waals surface area contributed by atoms with Gasteiger partial charge in [0.05, 0.1) is 12.7 Å². The lowest BCUT2D eigenvalue weighted by Crippen LogP contribution is -2.27. The minimum absolute atomic E-state index is 0.0616. The Kier molecular flexibility index (Phi) is 6.39. The Balaban J connectivity index is 1.60. The van der Waals surface area contributed by atoms with Crippen molar-refractivity contribution in [2.75, 3.05) is 13.2 Å². The topological polar surface area (TPSA) is 80.4 Å². The number of hydrogen-bond acceptors (Lipinski definition) is 6. The molecule has 0 saturated heterocycles. The molecule has 0 amide bonds. The molecule has 9 heteroatoms. The summed E-state index contributed by atoms with van der Waals surface area (Å²) in [6, 6.07) is 5.97. The average Bonchev–Trinajstić information content (AvgIpc) is 3.39. The molecule has 0 bridgehead atoms. The van der Waals surface area contributed by atoms with Crippen molar-refractivity contribution in [1.29, 1.82) is 0 Å². The number of aliphatic hydroxyl groups excluding tert-OH is 1. The lowest BCUT2D eigenvalue weighted by atomic mass is 9.94. The smallest absolute Gasteiger partial charge is 0.402 e. The van der Waals surface area contributed by atoms with Gasteiger partial charge < -0.3 is 19.7 Å². The fraction of sp³-hybridized carbons (Fsp3) is 0.478. The van der Waals surface area contributed by atoms with Crippen LogP contribution in [0.4, 0.5) is 13.2 Å². The van der Waals surface area contributed by atoms with Gasteiger partial charge in [-0.25, -0.2) is 0 Å². The summed E-state index contributed by atoms with van der Waals surface area (Å²) in [5.41, 5.74) is 3.36. The molecule has 2 aliphatic rings. The van der Waals surface area contributed by atoms with Gasteiger partial charge in [-0.3, -0.25) is 0 Å². The monoisotopic (exact) mass is 449 g/mol. The van der Waals surface area contributed by atoms with E-state index in [1.165, 1.54) is 6.08 Å². The predicted octanol–water partition coefficient (Wildman–Crippen LogP) is 4.58. The molecule has 32 heavy (non-hydrogen) atoms. The average molecular weight is 449 g/mol. The Morgan fingerprint density at radius 2 is 2.12 bits per heavy atom. The minimum atomic E-state index is -4.48. The standard InChI is InChI=1S/C23H26F3N3O3/c1-13(2)31-20-9-6-14(12-18(20)23(24,25)26)22-28-21(29-32-22)17-5-3-4-16-15(17)7-8-19(16)27-10-11-30/h3-5,9,12-13,18-19,27,30H,6-8,10-11H2,1-2H3. The van der Waals surface area contributed by atoms with Gasteiger partial charge in [-0.05, 0) is 50.3 Å². The van der Waals surface area contributed by atoms with Crippen LogP contribution in [0, 0.1) is 5.92 Å². The third-order valence-corrected chi connectivity index (χ3v) is 5.64. The number of allylic oxidation sites excluding steroid dienone is 3. The SMILES string of the molecule is CC(C)OC1=CCC(c2nc(-c3cccc4c3CCC4NCCO)no2)=CC1C(F)(F)F. The van der Waals surface area contributed by atoms with Gasteiger partial charge in [0.25, 0.3) is 5.89 Å². The van der Waals surface area contributed by atoms with Crippen LogP contribution in [0.5, 0.6) is 0 Å². The van der Waals surface area contributed by atoms with Crippen LogP contribution < -0.4 is 5.32 Å². The van der Waals surface area contributed by atoms with E-state index in [4.69, 9.17) is 14.4 Å². The summed E-state index contributed by atoms with van der Waals surface area (Å²) in [4.78, 5) is 4.43. The van der Waals surface area contributed by atoms with Crippen molar-refractivity contribution in [2.45, 2.75) is 51.4 Å². The Labute approximate surface area is 184 Å². The summed E-state index contributed by atoms with van der Waals surface area (Å²) in [6.07, 6.45) is -0.363. The van der Waals surface area contributed by atoms with Crippen LogP contribution >= 0.6 is 0 Å². The number of hydrogen-bond donors (Lipinski definition) is 2. The largest absolute Gasteiger partial charge is 0.495 e. The summed E-state index contributed by atoms with van der Waals surface area (Å²) in [6.45, 7) is 3.96. The number of ether oxygens (including phenoxy) is 1. The van der Waals surface area contributed by atoms with Crippen molar-refractivity contribution >= 4 is 5.57 Å². The molecule has 0 saturated carbocycles. The molecule has 2 N–H and O–H groups in total. The zero-order valence-electron chi connectivity index (χ0n) is 17.9. The van der Waals surface area contributed by atoms with Crippen molar-refractivity contribution in [3.05, 3.63) is 53.1 Å². The maximum atomic E-state index is 13.6. The van der Waals surface area contributed by atoms with Crippen molar-refractivity contribution in [1.82, 2.24) is 15.5 Å². The molecule has 2 aliphatic carbocycles. The summed E-state index contributed by atoms with van der Waals surface area (Å²) >= 11 is 0. The lowest BCUT2D eigenvalue weighted by Gasteiger charge is -2.26. The van der Waals surface area contributed by atoms with Crippen molar-refractivity contribution < 1.29 is 27.5 Å². The van der Waals surface area contributed by atoms with Crippen molar-refractivity contribution in [3.8, 4) is 11.4 Å². The number of fused-ring (bicyclic) bond motifs is 1. The second kappa shape index (κ2) is 9.07. The molecule has 4 rings (SSSR count). The van der Waals surface area contributed by atoms with E-state index >= 15 is 0 Å². The zero-order chi connectivity index (χ0) is 22.9. The normalized spacial score (nSPS) is 20.8. The fourth-order valence-electron chi connectivity index (χ4n) is 4.27. The minimum Gasteiger partial charge on any atom is -0.495 e. The number of nitrogens with zero attached hydrogens (tertiary/aromatic N) is 2. The quantitative estimate of drug-likeness (QED) is 0.644. The maximum absolute atomic E-state index is 13.6. The highest BCUT2D eigenvalue weighted by Gasteiger charge is 2.44. The number of benzene rings is 1. The first-order valence-electron chi connectivity index (χ1n) is 10.7. The van der Waals surface area contributed by atoms with Gasteiger partial charge in [-0.2, -0.15) is 18.2 Å². The molecular formula is C23H26F3N3O3. The molecule has 6 nitrogen and oxygen atoms in total. The molecule has 1 aromatic carbocycles. The van der Waals surface area contributed by atoms with E-state index in [-0.39, 0.29) is 36.8 Å². The molecule has 2 atom stereocenters. The molecule has 0 radical (unpaired) electrons. The van der Waals surface area contributed by atoms with E-state index in [0.29, 0.717) is 17.9 Å². The summed E-state index contributed by atoms with van der Waals surface area (Å²) in [5, 5.41) is 16.5. The molecule has 2 unspecified atom stereocenters. The highest BCUT2D eigenvalue weighted by atomic mass is 19.4. The van der Waals surface area contributed by atoms with Crippen molar-refractivity contribution in [2.24, 2.45) is 5.92 Å². The first kappa shape index (κ1) is 22.5. The van der Waals surface area contributed by atoms with Gasteiger partial charge in [-0.15, -0.1) is 0 Å². The molecule has 0 fully saturated rings. The highest BCUT2D eigenvalue weighted by molar-refractivity contribution is 5.67. The molecule has 1 heterocycles. The maximum Gasteiger partial charge on any atom is 0.402 e. The number of halogens is 3. The van der Waals surface area contributed by atoms with E-state index in [9.17, 15) is 13.2 Å². The first-order chi connectivity index (χ1) is 15.3. The Bertz CT molecular complexity index is 1030. The Morgan fingerprint density at radius 1 is 1.31 bits per heavy atom. The molecule has 0 aliphatic heterocycles.